The van der Waals surface area contributed by atoms with Crippen LogP contribution in [0.1, 0.15) is 33.1 Å². The van der Waals surface area contributed by atoms with Crippen molar-refractivity contribution < 1.29 is 4.79 Å². The van der Waals surface area contributed by atoms with Crippen LogP contribution in [0.4, 0.5) is 0 Å². The van der Waals surface area contributed by atoms with Crippen molar-refractivity contribution >= 4 is 5.91 Å². The SMILES string of the molecule is CC#CCCNC1CCN(C(C)=O)CC1. The Labute approximate surface area is 92.2 Å². The van der Waals surface area contributed by atoms with Gasteiger partial charge in [0.1, 0.15) is 0 Å². The third-order valence-electron chi connectivity index (χ3n) is 2.80. The molecule has 1 rings (SSSR count). The summed E-state index contributed by atoms with van der Waals surface area (Å²) in [5, 5.41) is 3.48. The molecule has 0 aromatic heterocycles. The molecule has 0 unspecified atom stereocenters. The first-order valence-electron chi connectivity index (χ1n) is 5.62. The van der Waals surface area contributed by atoms with E-state index in [4.69, 9.17) is 0 Å². The Kier molecular flexibility index (Phi) is 5.20. The third kappa shape index (κ3) is 4.35. The fourth-order valence-electron chi connectivity index (χ4n) is 1.86. The quantitative estimate of drug-likeness (QED) is 0.554. The summed E-state index contributed by atoms with van der Waals surface area (Å²) in [7, 11) is 0. The zero-order valence-corrected chi connectivity index (χ0v) is 9.68. The van der Waals surface area contributed by atoms with Crippen LogP contribution in [0.2, 0.25) is 0 Å². The summed E-state index contributed by atoms with van der Waals surface area (Å²) >= 11 is 0. The molecule has 0 bridgehead atoms. The number of amides is 1. The summed E-state index contributed by atoms with van der Waals surface area (Å²) in [6.45, 7) is 6.26. The number of hydrogen-bond donors (Lipinski definition) is 1. The lowest BCUT2D eigenvalue weighted by atomic mass is 10.1. The average Bonchev–Trinajstić information content (AvgIpc) is 2.25. The van der Waals surface area contributed by atoms with Gasteiger partial charge in [-0.3, -0.25) is 4.79 Å². The number of hydrogen-bond acceptors (Lipinski definition) is 2. The van der Waals surface area contributed by atoms with Crippen LogP contribution < -0.4 is 5.32 Å². The van der Waals surface area contributed by atoms with E-state index in [0.717, 1.165) is 38.9 Å². The van der Waals surface area contributed by atoms with Gasteiger partial charge in [-0.25, -0.2) is 0 Å². The first kappa shape index (κ1) is 12.1. The van der Waals surface area contributed by atoms with Gasteiger partial charge < -0.3 is 10.2 Å². The highest BCUT2D eigenvalue weighted by molar-refractivity contribution is 5.73. The molecule has 0 spiro atoms. The second kappa shape index (κ2) is 6.47. The normalized spacial score (nSPS) is 17.1. The van der Waals surface area contributed by atoms with Gasteiger partial charge in [0.25, 0.3) is 0 Å². The van der Waals surface area contributed by atoms with Gasteiger partial charge in [0.15, 0.2) is 0 Å². The number of nitrogens with one attached hydrogen (secondary N) is 1. The molecule has 1 aliphatic rings. The minimum atomic E-state index is 0.199. The molecule has 1 heterocycles. The lowest BCUT2D eigenvalue weighted by molar-refractivity contribution is -0.129. The van der Waals surface area contributed by atoms with Crippen molar-refractivity contribution in [3.05, 3.63) is 0 Å². The predicted molar refractivity (Wildman–Crippen MR) is 61.3 cm³/mol. The van der Waals surface area contributed by atoms with E-state index in [1.54, 1.807) is 6.92 Å². The summed E-state index contributed by atoms with van der Waals surface area (Å²) in [5.74, 6) is 6.12. The smallest absolute Gasteiger partial charge is 0.219 e. The van der Waals surface area contributed by atoms with Crippen LogP contribution in [0.15, 0.2) is 0 Å². The molecule has 1 saturated heterocycles. The number of nitrogens with zero attached hydrogens (tertiary/aromatic N) is 1. The summed E-state index contributed by atoms with van der Waals surface area (Å²) in [4.78, 5) is 13.0. The Bertz CT molecular complexity index is 257. The number of carbonyl (C=O) groups excluding carboxylic acids is 1. The van der Waals surface area contributed by atoms with Crippen molar-refractivity contribution in [2.24, 2.45) is 0 Å². The van der Waals surface area contributed by atoms with Gasteiger partial charge in [0.2, 0.25) is 5.91 Å². The maximum atomic E-state index is 11.1. The summed E-state index contributed by atoms with van der Waals surface area (Å²) in [6.07, 6.45) is 3.06. The summed E-state index contributed by atoms with van der Waals surface area (Å²) in [5.41, 5.74) is 0. The largest absolute Gasteiger partial charge is 0.343 e. The molecule has 1 aliphatic heterocycles. The number of rotatable bonds is 3. The van der Waals surface area contributed by atoms with E-state index >= 15 is 0 Å². The number of likely N-dealkylation sites (tertiary alicyclic amines) is 1. The van der Waals surface area contributed by atoms with Crippen molar-refractivity contribution in [1.82, 2.24) is 10.2 Å². The van der Waals surface area contributed by atoms with E-state index in [2.05, 4.69) is 17.2 Å². The molecule has 15 heavy (non-hydrogen) atoms. The van der Waals surface area contributed by atoms with E-state index in [0.29, 0.717) is 6.04 Å². The van der Waals surface area contributed by atoms with E-state index in [9.17, 15) is 4.79 Å². The number of piperidine rings is 1. The van der Waals surface area contributed by atoms with Crippen molar-refractivity contribution in [3.8, 4) is 11.8 Å². The highest BCUT2D eigenvalue weighted by Crippen LogP contribution is 2.09. The van der Waals surface area contributed by atoms with Crippen molar-refractivity contribution in [3.63, 3.8) is 0 Å². The topological polar surface area (TPSA) is 32.3 Å². The second-order valence-corrected chi connectivity index (χ2v) is 3.91. The maximum absolute atomic E-state index is 11.1. The van der Waals surface area contributed by atoms with Crippen molar-refractivity contribution in [2.45, 2.75) is 39.2 Å². The molecular formula is C12H20N2O. The van der Waals surface area contributed by atoms with Crippen LogP contribution >= 0.6 is 0 Å². The molecule has 0 aromatic carbocycles. The minimum absolute atomic E-state index is 0.199. The lowest BCUT2D eigenvalue weighted by Crippen LogP contribution is -2.44. The van der Waals surface area contributed by atoms with Crippen LogP contribution in [-0.4, -0.2) is 36.5 Å². The minimum Gasteiger partial charge on any atom is -0.343 e. The fraction of sp³-hybridized carbons (Fsp3) is 0.750. The molecule has 0 radical (unpaired) electrons. The van der Waals surface area contributed by atoms with E-state index in [-0.39, 0.29) is 5.91 Å². The molecule has 1 N–H and O–H groups in total. The van der Waals surface area contributed by atoms with E-state index in [1.807, 2.05) is 11.8 Å². The van der Waals surface area contributed by atoms with Crippen LogP contribution in [0, 0.1) is 11.8 Å². The first-order valence-corrected chi connectivity index (χ1v) is 5.62. The molecule has 3 heteroatoms. The maximum Gasteiger partial charge on any atom is 0.219 e. The fourth-order valence-corrected chi connectivity index (χ4v) is 1.86. The highest BCUT2D eigenvalue weighted by atomic mass is 16.2. The van der Waals surface area contributed by atoms with Crippen LogP contribution in [0.3, 0.4) is 0 Å². The Balaban J connectivity index is 2.13. The first-order chi connectivity index (χ1) is 7.24. The molecule has 0 atom stereocenters. The molecule has 1 fully saturated rings. The third-order valence-corrected chi connectivity index (χ3v) is 2.80. The van der Waals surface area contributed by atoms with Gasteiger partial charge in [-0.1, -0.05) is 0 Å². The number of carbonyl (C=O) groups is 1. The summed E-state index contributed by atoms with van der Waals surface area (Å²) < 4.78 is 0. The molecule has 1 amide bonds. The molecule has 84 valence electrons. The van der Waals surface area contributed by atoms with Gasteiger partial charge in [-0.05, 0) is 19.8 Å². The Morgan fingerprint density at radius 3 is 2.67 bits per heavy atom. The highest BCUT2D eigenvalue weighted by Gasteiger charge is 2.19. The monoisotopic (exact) mass is 208 g/mol. The van der Waals surface area contributed by atoms with Gasteiger partial charge in [-0.15, -0.1) is 11.8 Å². The van der Waals surface area contributed by atoms with Gasteiger partial charge in [0.05, 0.1) is 0 Å². The predicted octanol–water partition coefficient (Wildman–Crippen LogP) is 1.00. The van der Waals surface area contributed by atoms with Gasteiger partial charge in [0, 0.05) is 39.0 Å². The second-order valence-electron chi connectivity index (χ2n) is 3.91. The van der Waals surface area contributed by atoms with Crippen molar-refractivity contribution in [1.29, 1.82) is 0 Å². The van der Waals surface area contributed by atoms with E-state index in [1.165, 1.54) is 0 Å². The standard InChI is InChI=1S/C12H20N2O/c1-3-4-5-8-13-12-6-9-14(10-7-12)11(2)15/h12-13H,5-10H2,1-2H3. The lowest BCUT2D eigenvalue weighted by Gasteiger charge is -2.31. The zero-order valence-electron chi connectivity index (χ0n) is 9.68. The van der Waals surface area contributed by atoms with Crippen molar-refractivity contribution in [2.75, 3.05) is 19.6 Å². The van der Waals surface area contributed by atoms with Crippen LogP contribution in [0.25, 0.3) is 0 Å². The molecular weight excluding hydrogens is 188 g/mol. The molecule has 0 aromatic rings. The van der Waals surface area contributed by atoms with Crippen LogP contribution in [-0.2, 0) is 4.79 Å². The van der Waals surface area contributed by atoms with Gasteiger partial charge >= 0.3 is 0 Å². The van der Waals surface area contributed by atoms with Gasteiger partial charge in [-0.2, -0.15) is 0 Å². The summed E-state index contributed by atoms with van der Waals surface area (Å²) in [6, 6.07) is 0.569. The Morgan fingerprint density at radius 1 is 1.47 bits per heavy atom. The Hall–Kier alpha value is -1.01. The molecule has 3 nitrogen and oxygen atoms in total. The van der Waals surface area contributed by atoms with Crippen LogP contribution in [0.5, 0.6) is 0 Å². The molecule has 0 aliphatic carbocycles. The Morgan fingerprint density at radius 2 is 2.13 bits per heavy atom. The zero-order chi connectivity index (χ0) is 11.1. The molecule has 0 saturated carbocycles. The van der Waals surface area contributed by atoms with E-state index < -0.39 is 0 Å². The average molecular weight is 208 g/mol.